The van der Waals surface area contributed by atoms with E-state index in [1.807, 2.05) is 23.1 Å². The molecule has 0 fully saturated rings. The molecule has 0 aromatic heterocycles. The van der Waals surface area contributed by atoms with E-state index in [2.05, 4.69) is 27.7 Å². The van der Waals surface area contributed by atoms with Crippen LogP contribution in [0.15, 0.2) is 30.3 Å². The topological polar surface area (TPSA) is 37.4 Å². The minimum Gasteiger partial charge on any atom is -0.342 e. The summed E-state index contributed by atoms with van der Waals surface area (Å²) >= 11 is 0. The number of ketones is 1. The zero-order chi connectivity index (χ0) is 15.8. The van der Waals surface area contributed by atoms with Gasteiger partial charge in [0.2, 0.25) is 5.91 Å². The lowest BCUT2D eigenvalue weighted by molar-refractivity contribution is -0.132. The van der Waals surface area contributed by atoms with E-state index in [0.29, 0.717) is 23.8 Å². The first kappa shape index (κ1) is 17.4. The average molecular weight is 289 g/mol. The molecule has 0 saturated carbocycles. The van der Waals surface area contributed by atoms with Crippen molar-refractivity contribution in [2.45, 2.75) is 40.5 Å². The van der Waals surface area contributed by atoms with Crippen molar-refractivity contribution in [1.29, 1.82) is 0 Å². The third-order valence-corrected chi connectivity index (χ3v) is 3.19. The third kappa shape index (κ3) is 6.56. The quantitative estimate of drug-likeness (QED) is 0.683. The van der Waals surface area contributed by atoms with Gasteiger partial charge in [-0.25, -0.2) is 0 Å². The minimum absolute atomic E-state index is 0.0398. The van der Waals surface area contributed by atoms with E-state index in [1.165, 1.54) is 0 Å². The van der Waals surface area contributed by atoms with Crippen molar-refractivity contribution in [2.75, 3.05) is 13.1 Å². The van der Waals surface area contributed by atoms with Gasteiger partial charge in [-0.3, -0.25) is 9.59 Å². The molecule has 1 aromatic carbocycles. The molecule has 0 bridgehead atoms. The predicted molar refractivity (Wildman–Crippen MR) is 86.3 cm³/mol. The van der Waals surface area contributed by atoms with E-state index in [1.54, 1.807) is 12.1 Å². The predicted octanol–water partition coefficient (Wildman–Crippen LogP) is 3.79. The van der Waals surface area contributed by atoms with E-state index in [0.717, 1.165) is 13.1 Å². The molecular formula is C18H27NO2. The summed E-state index contributed by atoms with van der Waals surface area (Å²) in [5, 5.41) is 0. The molecule has 1 aromatic rings. The number of carbonyl (C=O) groups is 2. The van der Waals surface area contributed by atoms with Gasteiger partial charge in [0.1, 0.15) is 0 Å². The summed E-state index contributed by atoms with van der Waals surface area (Å²) in [5.74, 6) is 1.01. The van der Waals surface area contributed by atoms with Crippen LogP contribution in [0.25, 0.3) is 0 Å². The molecule has 0 aliphatic carbocycles. The maximum absolute atomic E-state index is 12.3. The largest absolute Gasteiger partial charge is 0.342 e. The summed E-state index contributed by atoms with van der Waals surface area (Å²) in [6, 6.07) is 9.17. The van der Waals surface area contributed by atoms with Gasteiger partial charge in [0.15, 0.2) is 5.78 Å². The average Bonchev–Trinajstić information content (AvgIpc) is 2.43. The molecule has 3 heteroatoms. The highest BCUT2D eigenvalue weighted by Crippen LogP contribution is 2.10. The standard InChI is InChI=1S/C18H27NO2/c1-14(2)12-19(13-15(3)4)18(21)11-10-17(20)16-8-6-5-7-9-16/h5-9,14-15H,10-13H2,1-4H3. The highest BCUT2D eigenvalue weighted by molar-refractivity contribution is 5.97. The minimum atomic E-state index is 0.0398. The number of rotatable bonds is 8. The third-order valence-electron chi connectivity index (χ3n) is 3.19. The van der Waals surface area contributed by atoms with Crippen molar-refractivity contribution in [3.05, 3.63) is 35.9 Å². The van der Waals surface area contributed by atoms with Gasteiger partial charge < -0.3 is 4.90 Å². The van der Waals surface area contributed by atoms with Crippen LogP contribution >= 0.6 is 0 Å². The molecule has 1 rings (SSSR count). The number of nitrogens with zero attached hydrogens (tertiary/aromatic N) is 1. The molecule has 0 atom stereocenters. The Morgan fingerprint density at radius 2 is 1.43 bits per heavy atom. The number of amides is 1. The Bertz CT molecular complexity index is 442. The van der Waals surface area contributed by atoms with Crippen LogP contribution in [-0.4, -0.2) is 29.7 Å². The van der Waals surface area contributed by atoms with Crippen LogP contribution in [0.4, 0.5) is 0 Å². The fraction of sp³-hybridized carbons (Fsp3) is 0.556. The summed E-state index contributed by atoms with van der Waals surface area (Å²) in [5.41, 5.74) is 0.685. The second-order valence-corrected chi connectivity index (χ2v) is 6.38. The van der Waals surface area contributed by atoms with Crippen molar-refractivity contribution >= 4 is 11.7 Å². The molecule has 0 unspecified atom stereocenters. The molecule has 0 radical (unpaired) electrons. The Balaban J connectivity index is 2.55. The van der Waals surface area contributed by atoms with Crippen LogP contribution in [0, 0.1) is 11.8 Å². The van der Waals surface area contributed by atoms with Gasteiger partial charge in [-0.2, -0.15) is 0 Å². The van der Waals surface area contributed by atoms with Gasteiger partial charge in [-0.15, -0.1) is 0 Å². The number of hydrogen-bond acceptors (Lipinski definition) is 2. The Kier molecular flexibility index (Phi) is 7.13. The highest BCUT2D eigenvalue weighted by atomic mass is 16.2. The summed E-state index contributed by atoms with van der Waals surface area (Å²) < 4.78 is 0. The lowest BCUT2D eigenvalue weighted by Crippen LogP contribution is -2.37. The smallest absolute Gasteiger partial charge is 0.223 e. The van der Waals surface area contributed by atoms with Gasteiger partial charge in [-0.1, -0.05) is 58.0 Å². The fourth-order valence-corrected chi connectivity index (χ4v) is 2.31. The second-order valence-electron chi connectivity index (χ2n) is 6.38. The van der Waals surface area contributed by atoms with Crippen molar-refractivity contribution in [2.24, 2.45) is 11.8 Å². The zero-order valence-electron chi connectivity index (χ0n) is 13.6. The van der Waals surface area contributed by atoms with E-state index in [4.69, 9.17) is 0 Å². The summed E-state index contributed by atoms with van der Waals surface area (Å²) in [7, 11) is 0. The van der Waals surface area contributed by atoms with Gasteiger partial charge in [0.05, 0.1) is 0 Å². The molecule has 0 saturated heterocycles. The number of carbonyl (C=O) groups excluding carboxylic acids is 2. The number of benzene rings is 1. The van der Waals surface area contributed by atoms with Crippen LogP contribution in [0.1, 0.15) is 50.9 Å². The monoisotopic (exact) mass is 289 g/mol. The zero-order valence-corrected chi connectivity index (χ0v) is 13.6. The van der Waals surface area contributed by atoms with Crippen molar-refractivity contribution in [1.82, 2.24) is 4.90 Å². The van der Waals surface area contributed by atoms with Gasteiger partial charge in [-0.05, 0) is 11.8 Å². The maximum atomic E-state index is 12.3. The van der Waals surface area contributed by atoms with Crippen LogP contribution in [0.3, 0.4) is 0 Å². The van der Waals surface area contributed by atoms with E-state index in [9.17, 15) is 9.59 Å². The molecular weight excluding hydrogens is 262 g/mol. The van der Waals surface area contributed by atoms with Crippen LogP contribution < -0.4 is 0 Å². The van der Waals surface area contributed by atoms with Crippen molar-refractivity contribution in [3.8, 4) is 0 Å². The number of hydrogen-bond donors (Lipinski definition) is 0. The van der Waals surface area contributed by atoms with Gasteiger partial charge in [0, 0.05) is 31.5 Å². The fourth-order valence-electron chi connectivity index (χ4n) is 2.31. The normalized spacial score (nSPS) is 11.0. The second kappa shape index (κ2) is 8.60. The van der Waals surface area contributed by atoms with E-state index >= 15 is 0 Å². The molecule has 0 aliphatic heterocycles. The highest BCUT2D eigenvalue weighted by Gasteiger charge is 2.17. The summed E-state index contributed by atoms with van der Waals surface area (Å²) in [6.45, 7) is 9.95. The van der Waals surface area contributed by atoms with Crippen molar-refractivity contribution in [3.63, 3.8) is 0 Å². The lowest BCUT2D eigenvalue weighted by Gasteiger charge is -2.26. The first-order chi connectivity index (χ1) is 9.90. The SMILES string of the molecule is CC(C)CN(CC(C)C)C(=O)CCC(=O)c1ccccc1. The van der Waals surface area contributed by atoms with Crippen LogP contribution in [0.5, 0.6) is 0 Å². The molecule has 0 N–H and O–H groups in total. The molecule has 1 amide bonds. The summed E-state index contributed by atoms with van der Waals surface area (Å²) in [6.07, 6.45) is 0.586. The Morgan fingerprint density at radius 1 is 0.905 bits per heavy atom. The van der Waals surface area contributed by atoms with Gasteiger partial charge >= 0.3 is 0 Å². The Morgan fingerprint density at radius 3 is 1.90 bits per heavy atom. The van der Waals surface area contributed by atoms with Crippen LogP contribution in [-0.2, 0) is 4.79 Å². The van der Waals surface area contributed by atoms with E-state index in [-0.39, 0.29) is 18.1 Å². The van der Waals surface area contributed by atoms with E-state index < -0.39 is 0 Å². The molecule has 3 nitrogen and oxygen atoms in total. The first-order valence-electron chi connectivity index (χ1n) is 7.76. The summed E-state index contributed by atoms with van der Waals surface area (Å²) in [4.78, 5) is 26.3. The Hall–Kier alpha value is -1.64. The molecule has 21 heavy (non-hydrogen) atoms. The lowest BCUT2D eigenvalue weighted by atomic mass is 10.1. The van der Waals surface area contributed by atoms with Gasteiger partial charge in [0.25, 0.3) is 0 Å². The van der Waals surface area contributed by atoms with Crippen molar-refractivity contribution < 1.29 is 9.59 Å². The number of Topliss-reactive ketones (excluding diaryl/α,β-unsaturated/α-hetero) is 1. The van der Waals surface area contributed by atoms with Crippen LogP contribution in [0.2, 0.25) is 0 Å². The molecule has 116 valence electrons. The molecule has 0 aliphatic rings. The molecule has 0 heterocycles. The molecule has 0 spiro atoms. The first-order valence-corrected chi connectivity index (χ1v) is 7.76. The maximum Gasteiger partial charge on any atom is 0.223 e. The Labute approximate surface area is 128 Å².